The van der Waals surface area contributed by atoms with Crippen molar-refractivity contribution in [3.63, 3.8) is 0 Å². The van der Waals surface area contributed by atoms with E-state index in [1.165, 1.54) is 11.1 Å². The van der Waals surface area contributed by atoms with Crippen LogP contribution in [-0.4, -0.2) is 9.97 Å². The summed E-state index contributed by atoms with van der Waals surface area (Å²) in [6.45, 7) is 4.25. The molecule has 4 heteroatoms. The summed E-state index contributed by atoms with van der Waals surface area (Å²) in [7, 11) is 0. The number of aromatic nitrogens is 2. The molecule has 3 N–H and O–H groups in total. The molecule has 108 valence electrons. The molecule has 0 aliphatic rings. The van der Waals surface area contributed by atoms with E-state index in [0.717, 1.165) is 23.1 Å². The van der Waals surface area contributed by atoms with Crippen LogP contribution in [0.15, 0.2) is 47.3 Å². The number of nitrogens with one attached hydrogen (secondary N) is 3. The van der Waals surface area contributed by atoms with Gasteiger partial charge in [-0.3, -0.25) is 0 Å². The number of rotatable bonds is 4. The Morgan fingerprint density at radius 2 is 1.76 bits per heavy atom. The Kier molecular flexibility index (Phi) is 3.52. The first-order chi connectivity index (χ1) is 10.2. The SMILES string of the molecule is CCC(Nc1ccc2[nH]c(=O)[nH]c2c1)c1ccc(C)cc1. The van der Waals surface area contributed by atoms with Crippen LogP contribution >= 0.6 is 0 Å². The van der Waals surface area contributed by atoms with Gasteiger partial charge in [0.2, 0.25) is 0 Å². The summed E-state index contributed by atoms with van der Waals surface area (Å²) in [5.74, 6) is 0. The van der Waals surface area contributed by atoms with Crippen LogP contribution in [0.3, 0.4) is 0 Å². The van der Waals surface area contributed by atoms with Crippen LogP contribution in [0.2, 0.25) is 0 Å². The first-order valence-corrected chi connectivity index (χ1v) is 7.21. The monoisotopic (exact) mass is 281 g/mol. The summed E-state index contributed by atoms with van der Waals surface area (Å²) >= 11 is 0. The second-order valence-electron chi connectivity index (χ2n) is 5.36. The van der Waals surface area contributed by atoms with Crippen LogP contribution in [0.1, 0.15) is 30.5 Å². The van der Waals surface area contributed by atoms with Crippen molar-refractivity contribution in [3.8, 4) is 0 Å². The minimum atomic E-state index is -0.173. The van der Waals surface area contributed by atoms with Gasteiger partial charge in [-0.2, -0.15) is 0 Å². The van der Waals surface area contributed by atoms with E-state index >= 15 is 0 Å². The number of hydrogen-bond donors (Lipinski definition) is 3. The molecule has 1 atom stereocenters. The second-order valence-corrected chi connectivity index (χ2v) is 5.36. The van der Waals surface area contributed by atoms with Crippen molar-refractivity contribution in [1.29, 1.82) is 0 Å². The molecule has 1 heterocycles. The van der Waals surface area contributed by atoms with E-state index < -0.39 is 0 Å². The Bertz CT molecular complexity index is 799. The van der Waals surface area contributed by atoms with Crippen LogP contribution in [0.5, 0.6) is 0 Å². The third-order valence-electron chi connectivity index (χ3n) is 3.74. The molecule has 0 bridgehead atoms. The molecule has 4 nitrogen and oxygen atoms in total. The smallest absolute Gasteiger partial charge is 0.323 e. The highest BCUT2D eigenvalue weighted by atomic mass is 16.1. The molecule has 0 amide bonds. The normalized spacial score (nSPS) is 12.5. The Balaban J connectivity index is 1.87. The van der Waals surface area contributed by atoms with Gasteiger partial charge in [-0.05, 0) is 37.1 Å². The van der Waals surface area contributed by atoms with Crippen molar-refractivity contribution in [2.24, 2.45) is 0 Å². The number of benzene rings is 2. The largest absolute Gasteiger partial charge is 0.378 e. The van der Waals surface area contributed by atoms with E-state index in [1.807, 2.05) is 18.2 Å². The molecule has 0 saturated heterocycles. The maximum atomic E-state index is 11.3. The fraction of sp³-hybridized carbons (Fsp3) is 0.235. The molecular weight excluding hydrogens is 262 g/mol. The van der Waals surface area contributed by atoms with E-state index in [-0.39, 0.29) is 11.7 Å². The lowest BCUT2D eigenvalue weighted by atomic mass is 10.0. The van der Waals surface area contributed by atoms with E-state index in [1.54, 1.807) is 0 Å². The molecule has 0 spiro atoms. The molecule has 0 aliphatic carbocycles. The van der Waals surface area contributed by atoms with Crippen LogP contribution in [0.4, 0.5) is 5.69 Å². The molecule has 1 unspecified atom stereocenters. The molecule has 0 saturated carbocycles. The number of H-pyrrole nitrogens is 2. The molecule has 3 rings (SSSR count). The standard InChI is InChI=1S/C17H19N3O/c1-3-14(12-6-4-11(2)5-7-12)18-13-8-9-15-16(10-13)20-17(21)19-15/h4-10,14,18H,3H2,1-2H3,(H2,19,20,21). The number of aryl methyl sites for hydroxylation is 1. The minimum Gasteiger partial charge on any atom is -0.378 e. The predicted octanol–water partition coefficient (Wildman–Crippen LogP) is 3.73. The van der Waals surface area contributed by atoms with Crippen molar-refractivity contribution >= 4 is 16.7 Å². The molecule has 1 aromatic heterocycles. The second kappa shape index (κ2) is 5.48. The first-order valence-electron chi connectivity index (χ1n) is 7.21. The Hall–Kier alpha value is -2.49. The molecule has 3 aromatic rings. The average Bonchev–Trinajstić information content (AvgIpc) is 2.85. The van der Waals surface area contributed by atoms with Gasteiger partial charge < -0.3 is 15.3 Å². The molecule has 0 fully saturated rings. The van der Waals surface area contributed by atoms with Gasteiger partial charge in [-0.1, -0.05) is 36.8 Å². The van der Waals surface area contributed by atoms with E-state index in [9.17, 15) is 4.79 Å². The summed E-state index contributed by atoms with van der Waals surface area (Å²) in [5, 5.41) is 3.53. The summed E-state index contributed by atoms with van der Waals surface area (Å²) in [4.78, 5) is 16.8. The van der Waals surface area contributed by atoms with Gasteiger partial charge in [0.1, 0.15) is 0 Å². The van der Waals surface area contributed by atoms with Crippen LogP contribution in [0, 0.1) is 6.92 Å². The molecule has 2 aromatic carbocycles. The summed E-state index contributed by atoms with van der Waals surface area (Å²) in [5.41, 5.74) is 5.02. The summed E-state index contributed by atoms with van der Waals surface area (Å²) < 4.78 is 0. The van der Waals surface area contributed by atoms with Gasteiger partial charge in [-0.25, -0.2) is 4.79 Å². The van der Waals surface area contributed by atoms with Gasteiger partial charge in [0, 0.05) is 5.69 Å². The third-order valence-corrected chi connectivity index (χ3v) is 3.74. The minimum absolute atomic E-state index is 0.173. The van der Waals surface area contributed by atoms with Crippen LogP contribution in [0.25, 0.3) is 11.0 Å². The summed E-state index contributed by atoms with van der Waals surface area (Å²) in [6, 6.07) is 14.7. The highest BCUT2D eigenvalue weighted by Gasteiger charge is 2.09. The predicted molar refractivity (Wildman–Crippen MR) is 86.8 cm³/mol. The average molecular weight is 281 g/mol. The van der Waals surface area contributed by atoms with E-state index in [4.69, 9.17) is 0 Å². The fourth-order valence-electron chi connectivity index (χ4n) is 2.54. The zero-order valence-corrected chi connectivity index (χ0v) is 12.2. The number of imidazole rings is 1. The third kappa shape index (κ3) is 2.84. The lowest BCUT2D eigenvalue weighted by Crippen LogP contribution is -2.09. The first kappa shape index (κ1) is 13.5. The van der Waals surface area contributed by atoms with Gasteiger partial charge in [0.05, 0.1) is 17.1 Å². The fourth-order valence-corrected chi connectivity index (χ4v) is 2.54. The highest BCUT2D eigenvalue weighted by molar-refractivity contribution is 5.78. The van der Waals surface area contributed by atoms with Gasteiger partial charge >= 0.3 is 5.69 Å². The maximum absolute atomic E-state index is 11.3. The zero-order valence-electron chi connectivity index (χ0n) is 12.2. The lowest BCUT2D eigenvalue weighted by Gasteiger charge is -2.19. The highest BCUT2D eigenvalue weighted by Crippen LogP contribution is 2.24. The lowest BCUT2D eigenvalue weighted by molar-refractivity contribution is 0.749. The Morgan fingerprint density at radius 1 is 1.05 bits per heavy atom. The molecular formula is C17H19N3O. The summed E-state index contributed by atoms with van der Waals surface area (Å²) in [6.07, 6.45) is 0.991. The van der Waals surface area contributed by atoms with Gasteiger partial charge in [0.15, 0.2) is 0 Å². The zero-order chi connectivity index (χ0) is 14.8. The topological polar surface area (TPSA) is 60.7 Å². The van der Waals surface area contributed by atoms with Crippen molar-refractivity contribution in [2.45, 2.75) is 26.3 Å². The molecule has 0 aliphatic heterocycles. The van der Waals surface area contributed by atoms with Crippen LogP contribution in [-0.2, 0) is 0 Å². The van der Waals surface area contributed by atoms with Crippen molar-refractivity contribution in [3.05, 3.63) is 64.1 Å². The van der Waals surface area contributed by atoms with Gasteiger partial charge in [-0.15, -0.1) is 0 Å². The Labute approximate surface area is 123 Å². The van der Waals surface area contributed by atoms with E-state index in [0.29, 0.717) is 0 Å². The van der Waals surface area contributed by atoms with E-state index in [2.05, 4.69) is 53.4 Å². The molecule has 0 radical (unpaired) electrons. The van der Waals surface area contributed by atoms with Gasteiger partial charge in [0.25, 0.3) is 0 Å². The van der Waals surface area contributed by atoms with Crippen LogP contribution < -0.4 is 11.0 Å². The molecule has 21 heavy (non-hydrogen) atoms. The van der Waals surface area contributed by atoms with Crippen molar-refractivity contribution in [2.75, 3.05) is 5.32 Å². The quantitative estimate of drug-likeness (QED) is 0.682. The number of aromatic amines is 2. The number of hydrogen-bond acceptors (Lipinski definition) is 2. The van der Waals surface area contributed by atoms with Crippen molar-refractivity contribution in [1.82, 2.24) is 9.97 Å². The maximum Gasteiger partial charge on any atom is 0.323 e. The number of fused-ring (bicyclic) bond motifs is 1. The number of anilines is 1. The van der Waals surface area contributed by atoms with Crippen molar-refractivity contribution < 1.29 is 0 Å². The Morgan fingerprint density at radius 3 is 2.48 bits per heavy atom.